The van der Waals surface area contributed by atoms with Crippen LogP contribution in [-0.2, 0) is 29.3 Å². The standard InChI is InChI=1S/C37H54N2.2C2H5.Ni/c1-5-9-13-16-21-32-23-19-26-34(29-32)37(33-25-18-22-31(28-33)20-15-11-7-3)36(27-12-8-4)35(30-39-38)24-17-14-10-6-2;2*1-2;/h18-19,22-23,25-26,28-29H,5-17,20-21,24,27H2,1-4H3;2*1H2,2H3;/q;2*-1;+2. The summed E-state index contributed by atoms with van der Waals surface area (Å²) in [5.74, 6) is 3.05. The molecule has 0 fully saturated rings. The van der Waals surface area contributed by atoms with Gasteiger partial charge in [-0.25, -0.2) is 0 Å². The van der Waals surface area contributed by atoms with Crippen LogP contribution in [0, 0.1) is 13.8 Å². The Balaban J connectivity index is 0. The van der Waals surface area contributed by atoms with E-state index in [0.29, 0.717) is 0 Å². The molecule has 0 atom stereocenters. The van der Waals surface area contributed by atoms with Crippen molar-refractivity contribution in [2.45, 2.75) is 151 Å². The first-order chi connectivity index (χ1) is 21.2. The molecule has 0 aliphatic heterocycles. The molecular formula is C41H64N2Ni. The van der Waals surface area contributed by atoms with Gasteiger partial charge in [0.05, 0.1) is 5.57 Å². The van der Waals surface area contributed by atoms with Gasteiger partial charge in [-0.05, 0) is 84.8 Å². The molecule has 44 heavy (non-hydrogen) atoms. The fourth-order valence-electron chi connectivity index (χ4n) is 5.46. The van der Waals surface area contributed by atoms with Gasteiger partial charge in [0, 0.05) is 0 Å². The van der Waals surface area contributed by atoms with E-state index in [2.05, 4.69) is 101 Å². The molecule has 248 valence electrons. The van der Waals surface area contributed by atoms with Gasteiger partial charge in [-0.2, -0.15) is 13.8 Å². The molecule has 2 rings (SSSR count). The van der Waals surface area contributed by atoms with E-state index >= 15 is 0 Å². The smallest absolute Gasteiger partial charge is 0.348 e. The SMILES string of the molecule is CCCCCCC(=C=[N+]=[N-])C(CCCC)=C(c1cccc(CCCCC)c1)c1cccc(CCCCCC)c1.[CH2-]C.[CH2-]C.[Ni+2]. The van der Waals surface area contributed by atoms with Gasteiger partial charge in [-0.1, -0.05) is 134 Å². The van der Waals surface area contributed by atoms with Crippen molar-refractivity contribution >= 4 is 11.4 Å². The molecule has 2 aromatic rings. The second-order valence-corrected chi connectivity index (χ2v) is 11.1. The molecule has 0 saturated carbocycles. The summed E-state index contributed by atoms with van der Waals surface area (Å²) in [5.41, 5.74) is 18.7. The number of rotatable bonds is 20. The maximum absolute atomic E-state index is 9.66. The van der Waals surface area contributed by atoms with Crippen LogP contribution in [0.5, 0.6) is 0 Å². The number of benzene rings is 2. The van der Waals surface area contributed by atoms with E-state index in [1.54, 1.807) is 13.8 Å². The Morgan fingerprint density at radius 1 is 0.614 bits per heavy atom. The predicted octanol–water partition coefficient (Wildman–Crippen LogP) is 13.0. The van der Waals surface area contributed by atoms with Crippen molar-refractivity contribution in [3.8, 4) is 0 Å². The summed E-state index contributed by atoms with van der Waals surface area (Å²) in [5, 5.41) is 0. The molecule has 0 amide bonds. The number of allylic oxidation sites excluding steroid dienone is 2. The molecule has 2 aromatic carbocycles. The van der Waals surface area contributed by atoms with Crippen LogP contribution in [-0.4, -0.2) is 10.7 Å². The zero-order valence-corrected chi connectivity index (χ0v) is 30.3. The van der Waals surface area contributed by atoms with Crippen LogP contribution in [0.3, 0.4) is 0 Å². The maximum atomic E-state index is 9.66. The summed E-state index contributed by atoms with van der Waals surface area (Å²) >= 11 is 0. The van der Waals surface area contributed by atoms with Gasteiger partial charge in [0.25, 0.3) is 0 Å². The summed E-state index contributed by atoms with van der Waals surface area (Å²) in [6.07, 6.45) is 20.0. The van der Waals surface area contributed by atoms with Gasteiger partial charge in [0.2, 0.25) is 0 Å². The topological polar surface area (TPSA) is 36.4 Å². The van der Waals surface area contributed by atoms with Gasteiger partial charge in [0.1, 0.15) is 0 Å². The first kappa shape index (κ1) is 44.0. The minimum atomic E-state index is 0. The van der Waals surface area contributed by atoms with Crippen LogP contribution in [0.4, 0.5) is 0 Å². The van der Waals surface area contributed by atoms with Gasteiger partial charge in [-0.15, -0.1) is 4.79 Å². The molecule has 0 N–H and O–H groups in total. The van der Waals surface area contributed by atoms with Gasteiger partial charge >= 0.3 is 22.4 Å². The second-order valence-electron chi connectivity index (χ2n) is 11.1. The van der Waals surface area contributed by atoms with Crippen LogP contribution in [0.2, 0.25) is 0 Å². The molecule has 0 unspecified atom stereocenters. The third kappa shape index (κ3) is 18.0. The Hall–Kier alpha value is -2.17. The molecule has 0 aliphatic rings. The van der Waals surface area contributed by atoms with E-state index in [1.165, 1.54) is 97.6 Å². The molecule has 0 heterocycles. The molecule has 0 spiro atoms. The molecule has 0 bridgehead atoms. The van der Waals surface area contributed by atoms with Crippen LogP contribution >= 0.6 is 0 Å². The normalized spacial score (nSPS) is 10.5. The Labute approximate surface area is 283 Å². The molecule has 0 aromatic heterocycles. The van der Waals surface area contributed by atoms with Crippen LogP contribution in [0.1, 0.15) is 160 Å². The van der Waals surface area contributed by atoms with Crippen LogP contribution < -0.4 is 0 Å². The Kier molecular flexibility index (Phi) is 30.8. The Morgan fingerprint density at radius 2 is 1.07 bits per heavy atom. The summed E-state index contributed by atoms with van der Waals surface area (Å²) in [6.45, 7) is 19.0. The van der Waals surface area contributed by atoms with Crippen molar-refractivity contribution in [2.24, 2.45) is 0 Å². The Bertz CT molecular complexity index is 1090. The van der Waals surface area contributed by atoms with E-state index in [-0.39, 0.29) is 16.5 Å². The third-order valence-corrected chi connectivity index (χ3v) is 7.73. The van der Waals surface area contributed by atoms with Gasteiger partial charge in [0.15, 0.2) is 0 Å². The summed E-state index contributed by atoms with van der Waals surface area (Å²) in [7, 11) is 0. The zero-order chi connectivity index (χ0) is 32.1. The minimum absolute atomic E-state index is 0. The molecule has 0 saturated heterocycles. The van der Waals surface area contributed by atoms with Gasteiger partial charge < -0.3 is 19.4 Å². The fraction of sp³-hybridized carbons (Fsp3) is 0.561. The summed E-state index contributed by atoms with van der Waals surface area (Å²) in [4.78, 5) is 3.46. The van der Waals surface area contributed by atoms with Crippen molar-refractivity contribution in [3.63, 3.8) is 0 Å². The van der Waals surface area contributed by atoms with E-state index in [4.69, 9.17) is 0 Å². The van der Waals surface area contributed by atoms with Gasteiger partial charge in [-0.3, -0.25) is 0 Å². The molecule has 3 heteroatoms. The van der Waals surface area contributed by atoms with Crippen molar-refractivity contribution in [3.05, 3.63) is 101 Å². The number of unbranched alkanes of at least 4 members (excludes halogenated alkanes) is 9. The largest absolute Gasteiger partial charge is 2.00 e. The fourth-order valence-corrected chi connectivity index (χ4v) is 5.46. The van der Waals surface area contributed by atoms with Crippen molar-refractivity contribution in [1.82, 2.24) is 0 Å². The average Bonchev–Trinajstić information content (AvgIpc) is 3.05. The molecular weight excluding hydrogens is 579 g/mol. The third-order valence-electron chi connectivity index (χ3n) is 7.73. The number of hydrogen-bond donors (Lipinski definition) is 0. The summed E-state index contributed by atoms with van der Waals surface area (Å²) < 4.78 is 0. The number of nitrogens with zero attached hydrogens (tertiary/aromatic N) is 2. The average molecular weight is 644 g/mol. The quantitative estimate of drug-likeness (QED) is 0.0262. The molecule has 2 nitrogen and oxygen atoms in total. The maximum Gasteiger partial charge on any atom is 2.00 e. The predicted molar refractivity (Wildman–Crippen MR) is 192 cm³/mol. The molecule has 0 aliphatic carbocycles. The second kappa shape index (κ2) is 30.8. The van der Waals surface area contributed by atoms with Crippen LogP contribution in [0.25, 0.3) is 11.1 Å². The van der Waals surface area contributed by atoms with Crippen LogP contribution in [0.15, 0.2) is 59.7 Å². The monoisotopic (exact) mass is 642 g/mol. The van der Waals surface area contributed by atoms with E-state index in [0.717, 1.165) is 50.5 Å². The Morgan fingerprint density at radius 3 is 1.55 bits per heavy atom. The summed E-state index contributed by atoms with van der Waals surface area (Å²) in [6, 6.07) is 18.4. The minimum Gasteiger partial charge on any atom is -0.348 e. The van der Waals surface area contributed by atoms with Crippen molar-refractivity contribution in [1.29, 1.82) is 0 Å². The van der Waals surface area contributed by atoms with E-state index in [1.807, 2.05) is 0 Å². The first-order valence-electron chi connectivity index (χ1n) is 17.5. The number of aryl methyl sites for hydroxylation is 2. The van der Waals surface area contributed by atoms with Crippen molar-refractivity contribution < 1.29 is 21.3 Å². The van der Waals surface area contributed by atoms with E-state index in [9.17, 15) is 5.53 Å². The molecule has 0 radical (unpaired) electrons. The zero-order valence-electron chi connectivity index (χ0n) is 29.3. The van der Waals surface area contributed by atoms with E-state index < -0.39 is 0 Å². The number of hydrogen-bond acceptors (Lipinski definition) is 0. The van der Waals surface area contributed by atoms with Crippen molar-refractivity contribution in [2.75, 3.05) is 0 Å². The first-order valence-corrected chi connectivity index (χ1v) is 17.5.